The monoisotopic (exact) mass is 330 g/mol. The minimum absolute atomic E-state index is 0.181. The van der Waals surface area contributed by atoms with Crippen LogP contribution in [0.25, 0.3) is 0 Å². The van der Waals surface area contributed by atoms with Crippen molar-refractivity contribution in [2.24, 2.45) is 0 Å². The van der Waals surface area contributed by atoms with Crippen molar-refractivity contribution >= 4 is 33.9 Å². The predicted molar refractivity (Wildman–Crippen MR) is 76.2 cm³/mol. The molecule has 0 atom stereocenters. The second kappa shape index (κ2) is 6.81. The van der Waals surface area contributed by atoms with Gasteiger partial charge in [-0.3, -0.25) is 0 Å². The van der Waals surface area contributed by atoms with E-state index in [9.17, 15) is 9.90 Å². The van der Waals surface area contributed by atoms with Crippen molar-refractivity contribution in [3.63, 3.8) is 0 Å². The van der Waals surface area contributed by atoms with Crippen molar-refractivity contribution in [1.29, 1.82) is 0 Å². The van der Waals surface area contributed by atoms with Crippen LogP contribution in [0.1, 0.15) is 25.7 Å². The summed E-state index contributed by atoms with van der Waals surface area (Å²) in [6.45, 7) is 0.203. The number of aromatic nitrogens is 2. The fraction of sp³-hybridized carbons (Fsp3) is 0.583. The number of aliphatic hydroxyl groups is 1. The molecular formula is C12H17BrN4O2. The smallest absolute Gasteiger partial charge is 0.170 e. The fourth-order valence-electron chi connectivity index (χ4n) is 2.15. The lowest BCUT2D eigenvalue weighted by Gasteiger charge is -2.27. The first kappa shape index (κ1) is 14.2. The zero-order valence-electron chi connectivity index (χ0n) is 10.5. The van der Waals surface area contributed by atoms with Gasteiger partial charge in [0, 0.05) is 6.04 Å². The molecule has 0 unspecified atom stereocenters. The van der Waals surface area contributed by atoms with E-state index in [0.717, 1.165) is 32.0 Å². The third-order valence-electron chi connectivity index (χ3n) is 3.13. The van der Waals surface area contributed by atoms with E-state index >= 15 is 0 Å². The average Bonchev–Trinajstić information content (AvgIpc) is 2.40. The summed E-state index contributed by atoms with van der Waals surface area (Å²) >= 11 is 3.29. The second-order valence-corrected chi connectivity index (χ2v) is 5.40. The Morgan fingerprint density at radius 1 is 1.37 bits per heavy atom. The van der Waals surface area contributed by atoms with Gasteiger partial charge in [0.05, 0.1) is 18.8 Å². The average molecular weight is 331 g/mol. The molecule has 0 saturated heterocycles. The van der Waals surface area contributed by atoms with E-state index in [4.69, 9.17) is 0 Å². The van der Waals surface area contributed by atoms with Crippen LogP contribution in [0.15, 0.2) is 10.8 Å². The molecule has 19 heavy (non-hydrogen) atoms. The van der Waals surface area contributed by atoms with E-state index in [2.05, 4.69) is 36.5 Å². The molecule has 0 radical (unpaired) electrons. The Bertz CT molecular complexity index is 436. The minimum Gasteiger partial charge on any atom is -0.393 e. The van der Waals surface area contributed by atoms with Gasteiger partial charge in [-0.15, -0.1) is 0 Å². The van der Waals surface area contributed by atoms with E-state index in [0.29, 0.717) is 16.2 Å². The molecule has 1 aromatic rings. The topological polar surface area (TPSA) is 87.1 Å². The molecule has 1 fully saturated rings. The van der Waals surface area contributed by atoms with Gasteiger partial charge in [0.25, 0.3) is 0 Å². The number of nitrogens with zero attached hydrogens (tertiary/aromatic N) is 2. The molecular weight excluding hydrogens is 314 g/mol. The van der Waals surface area contributed by atoms with Crippen molar-refractivity contribution in [3.05, 3.63) is 10.8 Å². The molecule has 1 saturated carbocycles. The van der Waals surface area contributed by atoms with Crippen LogP contribution in [-0.2, 0) is 4.79 Å². The van der Waals surface area contributed by atoms with E-state index in [1.807, 2.05) is 0 Å². The number of carbonyl (C=O) groups excluding carboxylic acids is 1. The fourth-order valence-corrected chi connectivity index (χ4v) is 2.43. The number of carbonyl (C=O) groups is 1. The van der Waals surface area contributed by atoms with Gasteiger partial charge in [0.15, 0.2) is 11.6 Å². The Labute approximate surface area is 120 Å². The first-order valence-electron chi connectivity index (χ1n) is 6.33. The summed E-state index contributed by atoms with van der Waals surface area (Å²) < 4.78 is 0.641. The maximum absolute atomic E-state index is 10.4. The van der Waals surface area contributed by atoms with Gasteiger partial charge >= 0.3 is 0 Å². The molecule has 3 N–H and O–H groups in total. The van der Waals surface area contributed by atoms with Gasteiger partial charge < -0.3 is 20.5 Å². The number of aldehydes is 1. The maximum Gasteiger partial charge on any atom is 0.170 e. The van der Waals surface area contributed by atoms with Crippen LogP contribution >= 0.6 is 15.9 Å². The standard InChI is InChI=1S/C12H17BrN4O2/c13-10-7-15-11(14-5-6-18)12(17-10)16-8-1-3-9(19)4-2-8/h6-9,19H,1-5H2,(H,14,15)(H,16,17)/i5+1,6+1. The van der Waals surface area contributed by atoms with E-state index in [1.165, 1.54) is 0 Å². The largest absolute Gasteiger partial charge is 0.393 e. The normalized spacial score (nSPS) is 22.8. The minimum atomic E-state index is -0.181. The lowest BCUT2D eigenvalue weighted by Crippen LogP contribution is -2.29. The quantitative estimate of drug-likeness (QED) is 0.561. The highest BCUT2D eigenvalue weighted by Gasteiger charge is 2.20. The summed E-state index contributed by atoms with van der Waals surface area (Å²) in [6.07, 6.45) is 5.60. The van der Waals surface area contributed by atoms with Gasteiger partial charge in [-0.1, -0.05) is 0 Å². The van der Waals surface area contributed by atoms with Gasteiger partial charge in [0.2, 0.25) is 0 Å². The predicted octanol–water partition coefficient (Wildman–Crippen LogP) is 1.57. The van der Waals surface area contributed by atoms with Crippen LogP contribution in [0.2, 0.25) is 0 Å². The molecule has 1 aliphatic rings. The number of hydrogen-bond donors (Lipinski definition) is 3. The zero-order chi connectivity index (χ0) is 13.7. The van der Waals surface area contributed by atoms with Crippen LogP contribution in [-0.4, -0.2) is 40.1 Å². The van der Waals surface area contributed by atoms with Crippen molar-refractivity contribution < 1.29 is 9.90 Å². The van der Waals surface area contributed by atoms with Gasteiger partial charge in [-0.25, -0.2) is 9.97 Å². The third kappa shape index (κ3) is 4.14. The molecule has 6 nitrogen and oxygen atoms in total. The maximum atomic E-state index is 10.4. The molecule has 0 aliphatic heterocycles. The molecule has 0 spiro atoms. The molecule has 0 amide bonds. The number of aliphatic hydroxyl groups excluding tert-OH is 1. The molecule has 104 valence electrons. The SMILES string of the molecule is O=[13CH][13CH2]Nc1ncc(Br)nc1NC1CCC(O)CC1. The number of halogens is 1. The van der Waals surface area contributed by atoms with Crippen LogP contribution < -0.4 is 10.6 Å². The first-order valence-corrected chi connectivity index (χ1v) is 7.13. The van der Waals surface area contributed by atoms with E-state index < -0.39 is 0 Å². The Balaban J connectivity index is 2.04. The first-order chi connectivity index (χ1) is 9.19. The molecule has 2 rings (SSSR count). The Morgan fingerprint density at radius 2 is 2.11 bits per heavy atom. The van der Waals surface area contributed by atoms with Gasteiger partial charge in [-0.2, -0.15) is 0 Å². The van der Waals surface area contributed by atoms with Gasteiger partial charge in [-0.05, 0) is 41.6 Å². The van der Waals surface area contributed by atoms with Crippen LogP contribution in [0.3, 0.4) is 0 Å². The Kier molecular flexibility index (Phi) is 5.09. The van der Waals surface area contributed by atoms with Crippen LogP contribution in [0.4, 0.5) is 11.6 Å². The summed E-state index contributed by atoms with van der Waals surface area (Å²) in [5.41, 5.74) is 0. The highest BCUT2D eigenvalue weighted by atomic mass is 79.9. The molecule has 7 heteroatoms. The van der Waals surface area contributed by atoms with Gasteiger partial charge in [0.1, 0.15) is 10.9 Å². The molecule has 1 heterocycles. The lowest BCUT2D eigenvalue weighted by molar-refractivity contribution is -0.106. The highest BCUT2D eigenvalue weighted by molar-refractivity contribution is 9.10. The highest BCUT2D eigenvalue weighted by Crippen LogP contribution is 2.25. The van der Waals surface area contributed by atoms with Crippen molar-refractivity contribution in [1.82, 2.24) is 9.97 Å². The number of rotatable bonds is 5. The van der Waals surface area contributed by atoms with Crippen LogP contribution in [0.5, 0.6) is 0 Å². The molecule has 1 aromatic heterocycles. The summed E-state index contributed by atoms with van der Waals surface area (Å²) in [7, 11) is 0. The Hall–Kier alpha value is -1.21. The number of anilines is 2. The summed E-state index contributed by atoms with van der Waals surface area (Å²) in [4.78, 5) is 19.0. The summed E-state index contributed by atoms with van der Waals surface area (Å²) in [5.74, 6) is 1.21. The third-order valence-corrected chi connectivity index (χ3v) is 3.52. The van der Waals surface area contributed by atoms with E-state index in [-0.39, 0.29) is 18.7 Å². The second-order valence-electron chi connectivity index (χ2n) is 4.59. The summed E-state index contributed by atoms with van der Waals surface area (Å²) in [6, 6.07) is 0.281. The van der Waals surface area contributed by atoms with E-state index in [1.54, 1.807) is 6.20 Å². The number of hydrogen-bond acceptors (Lipinski definition) is 6. The summed E-state index contributed by atoms with van der Waals surface area (Å²) in [5, 5.41) is 15.7. The Morgan fingerprint density at radius 3 is 2.79 bits per heavy atom. The molecule has 0 bridgehead atoms. The lowest BCUT2D eigenvalue weighted by atomic mass is 9.93. The van der Waals surface area contributed by atoms with Crippen molar-refractivity contribution in [3.8, 4) is 0 Å². The van der Waals surface area contributed by atoms with Crippen molar-refractivity contribution in [2.75, 3.05) is 17.2 Å². The molecule has 0 aromatic carbocycles. The van der Waals surface area contributed by atoms with Crippen molar-refractivity contribution in [2.45, 2.75) is 37.8 Å². The van der Waals surface area contributed by atoms with Crippen LogP contribution in [0, 0.1) is 0 Å². The zero-order valence-corrected chi connectivity index (χ0v) is 12.1. The molecule has 1 aliphatic carbocycles. The number of nitrogens with one attached hydrogen (secondary N) is 2.